The molecule has 2 N–H and O–H groups in total. The Morgan fingerprint density at radius 2 is 0.689 bits per heavy atom. The molecule has 1 amide bonds. The summed E-state index contributed by atoms with van der Waals surface area (Å²) in [6.45, 7) is 4.57. The first-order valence-electron chi connectivity index (χ1n) is 39.3. The Morgan fingerprint density at radius 1 is 0.400 bits per heavy atom. The Labute approximate surface area is 561 Å². The second kappa shape index (κ2) is 71.2. The van der Waals surface area contributed by atoms with Gasteiger partial charge in [0.25, 0.3) is 7.82 Å². The van der Waals surface area contributed by atoms with E-state index in [-0.39, 0.29) is 12.5 Å². The molecule has 0 bridgehead atoms. The standard InChI is InChI=1S/C81H153N2O6P/c1-6-8-10-12-14-16-18-20-22-24-26-28-30-32-34-36-38-39-40-41-42-43-45-47-49-51-53-55-57-59-61-63-65-67-69-71-73-75-81(85)82-79(78-89-90(86,87)88-77-76-83(3,4)5)80(84)74-72-70-68-66-64-62-60-58-56-54-52-50-48-46-44-37-35-33-31-29-27-25-23-21-19-17-15-13-11-9-7-2/h8,10,14,16,20,22,26,28,64,66,72,74,79-80,84H,6-7,9,11-13,15,17-19,21,23-25,27,29-63,65,67-71,73,75-78H2,1-5H3,(H-,82,85,86,87)/b10-8-,16-14-,22-20-,28-26-,66-64+,74-72+. The van der Waals surface area contributed by atoms with Crippen LogP contribution in [0.4, 0.5) is 0 Å². The van der Waals surface area contributed by atoms with E-state index < -0.39 is 26.6 Å². The summed E-state index contributed by atoms with van der Waals surface area (Å²) in [4.78, 5) is 25.7. The molecule has 0 spiro atoms. The molecule has 0 aliphatic carbocycles. The molecule has 9 heteroatoms. The maximum absolute atomic E-state index is 13.1. The van der Waals surface area contributed by atoms with Gasteiger partial charge in [-0.25, -0.2) is 0 Å². The second-order valence-electron chi connectivity index (χ2n) is 28.0. The lowest BCUT2D eigenvalue weighted by Gasteiger charge is -2.29. The Kier molecular flexibility index (Phi) is 69.6. The average molecular weight is 1280 g/mol. The Balaban J connectivity index is 3.99. The van der Waals surface area contributed by atoms with Gasteiger partial charge in [-0.15, -0.1) is 0 Å². The van der Waals surface area contributed by atoms with Crippen LogP contribution in [0, 0.1) is 0 Å². The Bertz CT molecular complexity index is 1700. The van der Waals surface area contributed by atoms with Crippen LogP contribution in [-0.2, 0) is 18.4 Å². The van der Waals surface area contributed by atoms with E-state index in [1.807, 2.05) is 27.2 Å². The normalized spacial score (nSPS) is 13.9. The number of hydrogen-bond donors (Lipinski definition) is 2. The molecule has 0 aromatic heterocycles. The van der Waals surface area contributed by atoms with Gasteiger partial charge in [0, 0.05) is 6.42 Å². The average Bonchev–Trinajstić information content (AvgIpc) is 3.18. The largest absolute Gasteiger partial charge is 0.756 e. The SMILES string of the molecule is CC/C=C\C/C=C\C/C=C\C/C=C\CCCCCCCCCCCCCCCCCCCCCCCCCCC(=O)NC(COP(=O)([O-])OCC[N+](C)(C)C)C(O)/C=C/CC/C=C/CCCCCCCCCCCCCCCCCCCCCCCCCCC. The number of nitrogens with one attached hydrogen (secondary N) is 1. The van der Waals surface area contributed by atoms with Crippen LogP contribution >= 0.6 is 7.82 Å². The van der Waals surface area contributed by atoms with Gasteiger partial charge in [-0.3, -0.25) is 9.36 Å². The third-order valence-corrected chi connectivity index (χ3v) is 18.9. The summed E-state index contributed by atoms with van der Waals surface area (Å²) in [6.07, 6.45) is 101. The molecule has 0 saturated heterocycles. The van der Waals surface area contributed by atoms with Gasteiger partial charge in [-0.1, -0.05) is 382 Å². The molecule has 3 atom stereocenters. The fourth-order valence-corrected chi connectivity index (χ4v) is 12.6. The number of rotatable bonds is 73. The molecular weight excluding hydrogens is 1130 g/mol. The number of likely N-dealkylation sites (N-methyl/N-ethyl adjacent to an activating group) is 1. The third-order valence-electron chi connectivity index (χ3n) is 17.9. The van der Waals surface area contributed by atoms with E-state index in [9.17, 15) is 19.4 Å². The molecule has 528 valence electrons. The van der Waals surface area contributed by atoms with Crippen molar-refractivity contribution in [2.45, 2.75) is 398 Å². The molecule has 8 nitrogen and oxygen atoms in total. The molecule has 0 heterocycles. The number of allylic oxidation sites excluding steroid dienone is 11. The summed E-state index contributed by atoms with van der Waals surface area (Å²) < 4.78 is 23.5. The van der Waals surface area contributed by atoms with Crippen LogP contribution < -0.4 is 10.2 Å². The molecule has 0 rings (SSSR count). The lowest BCUT2D eigenvalue weighted by molar-refractivity contribution is -0.870. The molecule has 0 fully saturated rings. The number of hydrogen-bond acceptors (Lipinski definition) is 6. The minimum absolute atomic E-state index is 0.00579. The molecule has 0 aliphatic rings. The molecule has 0 aromatic rings. The van der Waals surface area contributed by atoms with E-state index >= 15 is 0 Å². The van der Waals surface area contributed by atoms with E-state index in [0.29, 0.717) is 17.4 Å². The first-order valence-corrected chi connectivity index (χ1v) is 40.8. The number of amides is 1. The van der Waals surface area contributed by atoms with Crippen molar-refractivity contribution in [3.63, 3.8) is 0 Å². The van der Waals surface area contributed by atoms with Gasteiger partial charge < -0.3 is 28.8 Å². The van der Waals surface area contributed by atoms with Crippen LogP contribution in [-0.4, -0.2) is 68.5 Å². The summed E-state index contributed by atoms with van der Waals surface area (Å²) in [5, 5.41) is 14.0. The number of nitrogens with zero attached hydrogens (tertiary/aromatic N) is 1. The molecule has 90 heavy (non-hydrogen) atoms. The fourth-order valence-electron chi connectivity index (χ4n) is 11.9. The zero-order valence-corrected chi connectivity index (χ0v) is 61.5. The van der Waals surface area contributed by atoms with Crippen molar-refractivity contribution in [3.8, 4) is 0 Å². The summed E-state index contributed by atoms with van der Waals surface area (Å²) in [7, 11) is 1.26. The van der Waals surface area contributed by atoms with Crippen molar-refractivity contribution < 1.29 is 32.9 Å². The van der Waals surface area contributed by atoms with Crippen LogP contribution in [0.3, 0.4) is 0 Å². The number of carbonyl (C=O) groups is 1. The van der Waals surface area contributed by atoms with Gasteiger partial charge in [-0.05, 0) is 70.6 Å². The maximum Gasteiger partial charge on any atom is 0.268 e. The van der Waals surface area contributed by atoms with Crippen molar-refractivity contribution in [2.24, 2.45) is 0 Å². The fraction of sp³-hybridized carbons (Fsp3) is 0.840. The van der Waals surface area contributed by atoms with Crippen LogP contribution in [0.25, 0.3) is 0 Å². The van der Waals surface area contributed by atoms with Crippen LogP contribution in [0.2, 0.25) is 0 Å². The number of quaternary nitrogens is 1. The number of unbranched alkanes of at least 4 members (excludes halogenated alkanes) is 50. The number of phosphoric ester groups is 1. The predicted octanol–water partition coefficient (Wildman–Crippen LogP) is 25.0. The van der Waals surface area contributed by atoms with Crippen LogP contribution in [0.1, 0.15) is 386 Å². The smallest absolute Gasteiger partial charge is 0.268 e. The van der Waals surface area contributed by atoms with Gasteiger partial charge in [0.2, 0.25) is 5.91 Å². The monoisotopic (exact) mass is 1280 g/mol. The molecule has 0 radical (unpaired) electrons. The summed E-state index contributed by atoms with van der Waals surface area (Å²) in [5.74, 6) is -0.200. The molecule has 3 unspecified atom stereocenters. The molecule has 0 aliphatic heterocycles. The summed E-state index contributed by atoms with van der Waals surface area (Å²) in [6, 6.07) is -0.906. The van der Waals surface area contributed by atoms with Crippen molar-refractivity contribution in [3.05, 3.63) is 72.9 Å². The first-order chi connectivity index (χ1) is 44.0. The topological polar surface area (TPSA) is 108 Å². The number of aliphatic hydroxyl groups is 1. The molecule has 0 aromatic carbocycles. The lowest BCUT2D eigenvalue weighted by Crippen LogP contribution is -2.45. The highest BCUT2D eigenvalue weighted by molar-refractivity contribution is 7.45. The minimum atomic E-state index is -4.62. The van der Waals surface area contributed by atoms with Gasteiger partial charge in [-0.2, -0.15) is 0 Å². The summed E-state index contributed by atoms with van der Waals surface area (Å²) in [5.41, 5.74) is 0. The van der Waals surface area contributed by atoms with Crippen molar-refractivity contribution in [1.29, 1.82) is 0 Å². The minimum Gasteiger partial charge on any atom is -0.756 e. The van der Waals surface area contributed by atoms with Crippen LogP contribution in [0.5, 0.6) is 0 Å². The number of phosphoric acid groups is 1. The van der Waals surface area contributed by atoms with Gasteiger partial charge in [0.05, 0.1) is 39.9 Å². The molecular formula is C81H153N2O6P. The lowest BCUT2D eigenvalue weighted by atomic mass is 10.0. The highest BCUT2D eigenvalue weighted by Gasteiger charge is 2.23. The highest BCUT2D eigenvalue weighted by atomic mass is 31.2. The zero-order valence-electron chi connectivity index (χ0n) is 60.6. The third kappa shape index (κ3) is 73.4. The highest BCUT2D eigenvalue weighted by Crippen LogP contribution is 2.38. The van der Waals surface area contributed by atoms with Crippen molar-refractivity contribution in [1.82, 2.24) is 5.32 Å². The van der Waals surface area contributed by atoms with Gasteiger partial charge in [0.1, 0.15) is 13.2 Å². The summed E-state index contributed by atoms with van der Waals surface area (Å²) >= 11 is 0. The number of carbonyl (C=O) groups excluding carboxylic acids is 1. The van der Waals surface area contributed by atoms with E-state index in [1.54, 1.807) is 6.08 Å². The Morgan fingerprint density at radius 3 is 1.03 bits per heavy atom. The van der Waals surface area contributed by atoms with Gasteiger partial charge in [0.15, 0.2) is 0 Å². The van der Waals surface area contributed by atoms with E-state index in [4.69, 9.17) is 9.05 Å². The van der Waals surface area contributed by atoms with Crippen LogP contribution in [0.15, 0.2) is 72.9 Å². The van der Waals surface area contributed by atoms with E-state index in [0.717, 1.165) is 64.2 Å². The first kappa shape index (κ1) is 87.9. The van der Waals surface area contributed by atoms with E-state index in [1.165, 1.54) is 302 Å². The maximum atomic E-state index is 13.1. The number of aliphatic hydroxyl groups excluding tert-OH is 1. The Hall–Kier alpha value is -2.06. The quantitative estimate of drug-likeness (QED) is 0.0272. The van der Waals surface area contributed by atoms with Crippen molar-refractivity contribution in [2.75, 3.05) is 40.9 Å². The zero-order chi connectivity index (χ0) is 65.5. The second-order valence-corrected chi connectivity index (χ2v) is 29.4. The van der Waals surface area contributed by atoms with E-state index in [2.05, 4.69) is 79.9 Å². The van der Waals surface area contributed by atoms with Gasteiger partial charge >= 0.3 is 0 Å². The molecule has 0 saturated carbocycles. The predicted molar refractivity (Wildman–Crippen MR) is 394 cm³/mol. The van der Waals surface area contributed by atoms with Crippen molar-refractivity contribution >= 4 is 13.7 Å².